The summed E-state index contributed by atoms with van der Waals surface area (Å²) < 4.78 is 53.0. The SMILES string of the molecule is Fc1ccccc1OCCNCC(F)(F)F. The Balaban J connectivity index is 2.19. The third kappa shape index (κ3) is 4.97. The van der Waals surface area contributed by atoms with Crippen LogP contribution in [-0.4, -0.2) is 25.9 Å². The fourth-order valence-corrected chi connectivity index (χ4v) is 1.03. The van der Waals surface area contributed by atoms with Gasteiger partial charge in [-0.2, -0.15) is 13.2 Å². The minimum atomic E-state index is -4.24. The van der Waals surface area contributed by atoms with Gasteiger partial charge in [0.15, 0.2) is 11.6 Å². The molecule has 16 heavy (non-hydrogen) atoms. The summed E-state index contributed by atoms with van der Waals surface area (Å²) in [5.41, 5.74) is 0. The second-order valence-corrected chi connectivity index (χ2v) is 3.07. The molecule has 1 N–H and O–H groups in total. The fourth-order valence-electron chi connectivity index (χ4n) is 1.03. The van der Waals surface area contributed by atoms with E-state index in [1.165, 1.54) is 18.2 Å². The first kappa shape index (κ1) is 12.8. The summed E-state index contributed by atoms with van der Waals surface area (Å²) in [5, 5.41) is 2.14. The Kier molecular flexibility index (Phi) is 4.54. The van der Waals surface area contributed by atoms with Crippen LogP contribution >= 0.6 is 0 Å². The molecule has 0 fully saturated rings. The molecule has 0 aromatic heterocycles. The maximum Gasteiger partial charge on any atom is 0.401 e. The molecule has 0 unspecified atom stereocenters. The van der Waals surface area contributed by atoms with Gasteiger partial charge in [0.2, 0.25) is 0 Å². The van der Waals surface area contributed by atoms with Crippen LogP contribution in [0.25, 0.3) is 0 Å². The zero-order chi connectivity index (χ0) is 12.0. The van der Waals surface area contributed by atoms with Crippen molar-refractivity contribution in [3.8, 4) is 5.75 Å². The summed E-state index contributed by atoms with van der Waals surface area (Å²) in [7, 11) is 0. The van der Waals surface area contributed by atoms with Gasteiger partial charge < -0.3 is 10.1 Å². The number of halogens is 4. The van der Waals surface area contributed by atoms with Crippen molar-refractivity contribution in [2.75, 3.05) is 19.7 Å². The number of alkyl halides is 3. The molecular formula is C10H11F4NO. The summed E-state index contributed by atoms with van der Waals surface area (Å²) in [5.74, 6) is -0.491. The normalized spacial score (nSPS) is 11.5. The van der Waals surface area contributed by atoms with Crippen LogP contribution in [0.1, 0.15) is 0 Å². The first-order valence-corrected chi connectivity index (χ1v) is 4.64. The lowest BCUT2D eigenvalue weighted by atomic mass is 10.3. The molecular weight excluding hydrogens is 226 g/mol. The van der Waals surface area contributed by atoms with Crippen LogP contribution in [0.15, 0.2) is 24.3 Å². The predicted molar refractivity (Wildman–Crippen MR) is 50.8 cm³/mol. The van der Waals surface area contributed by atoms with Crippen LogP contribution < -0.4 is 10.1 Å². The van der Waals surface area contributed by atoms with Crippen molar-refractivity contribution in [1.29, 1.82) is 0 Å². The largest absolute Gasteiger partial charge is 0.489 e. The van der Waals surface area contributed by atoms with Gasteiger partial charge in [-0.1, -0.05) is 12.1 Å². The molecule has 1 rings (SSSR count). The second kappa shape index (κ2) is 5.69. The minimum Gasteiger partial charge on any atom is -0.489 e. The van der Waals surface area contributed by atoms with Crippen LogP contribution in [0.5, 0.6) is 5.75 Å². The molecule has 0 heterocycles. The minimum absolute atomic E-state index is 0.00778. The zero-order valence-electron chi connectivity index (χ0n) is 8.35. The number of rotatable bonds is 5. The van der Waals surface area contributed by atoms with E-state index in [4.69, 9.17) is 4.74 Å². The van der Waals surface area contributed by atoms with Crippen molar-refractivity contribution < 1.29 is 22.3 Å². The van der Waals surface area contributed by atoms with Gasteiger partial charge in [0.1, 0.15) is 6.61 Å². The number of para-hydroxylation sites is 1. The molecule has 0 atom stereocenters. The van der Waals surface area contributed by atoms with Crippen molar-refractivity contribution in [2.45, 2.75) is 6.18 Å². The van der Waals surface area contributed by atoms with Gasteiger partial charge in [-0.05, 0) is 12.1 Å². The highest BCUT2D eigenvalue weighted by atomic mass is 19.4. The fraction of sp³-hybridized carbons (Fsp3) is 0.400. The third-order valence-electron chi connectivity index (χ3n) is 1.70. The van der Waals surface area contributed by atoms with Crippen LogP contribution in [0.4, 0.5) is 17.6 Å². The Morgan fingerprint density at radius 2 is 1.88 bits per heavy atom. The maximum absolute atomic E-state index is 13.0. The van der Waals surface area contributed by atoms with E-state index in [1.54, 1.807) is 6.07 Å². The van der Waals surface area contributed by atoms with Crippen molar-refractivity contribution >= 4 is 0 Å². The lowest BCUT2D eigenvalue weighted by Crippen LogP contribution is -2.31. The van der Waals surface area contributed by atoms with Crippen molar-refractivity contribution in [3.05, 3.63) is 30.1 Å². The van der Waals surface area contributed by atoms with Gasteiger partial charge in [0.25, 0.3) is 0 Å². The van der Waals surface area contributed by atoms with Gasteiger partial charge in [0.05, 0.1) is 6.54 Å². The Morgan fingerprint density at radius 3 is 2.50 bits per heavy atom. The lowest BCUT2D eigenvalue weighted by molar-refractivity contribution is -0.124. The maximum atomic E-state index is 13.0. The van der Waals surface area contributed by atoms with Gasteiger partial charge in [-0.15, -0.1) is 0 Å². The molecule has 0 amide bonds. The second-order valence-electron chi connectivity index (χ2n) is 3.07. The molecule has 2 nitrogen and oxygen atoms in total. The summed E-state index contributed by atoms with van der Waals surface area (Å²) in [4.78, 5) is 0. The summed E-state index contributed by atoms with van der Waals surface area (Å²) in [6.07, 6.45) is -4.24. The van der Waals surface area contributed by atoms with Crippen molar-refractivity contribution in [1.82, 2.24) is 5.32 Å². The molecule has 1 aromatic carbocycles. The van der Waals surface area contributed by atoms with E-state index in [2.05, 4.69) is 5.32 Å². The van der Waals surface area contributed by atoms with Crippen LogP contribution in [0.2, 0.25) is 0 Å². The number of ether oxygens (including phenoxy) is 1. The molecule has 6 heteroatoms. The number of hydrogen-bond donors (Lipinski definition) is 1. The Morgan fingerprint density at radius 1 is 1.19 bits per heavy atom. The van der Waals surface area contributed by atoms with Gasteiger partial charge in [0, 0.05) is 6.54 Å². The molecule has 0 saturated carbocycles. The highest BCUT2D eigenvalue weighted by Gasteiger charge is 2.25. The lowest BCUT2D eigenvalue weighted by Gasteiger charge is -2.09. The average molecular weight is 237 g/mol. The highest BCUT2D eigenvalue weighted by Crippen LogP contribution is 2.15. The van der Waals surface area contributed by atoms with E-state index in [0.29, 0.717) is 0 Å². The van der Waals surface area contributed by atoms with E-state index in [1.807, 2.05) is 0 Å². The molecule has 0 aliphatic heterocycles. The van der Waals surface area contributed by atoms with Gasteiger partial charge in [-0.25, -0.2) is 4.39 Å². The quantitative estimate of drug-likeness (QED) is 0.627. The molecule has 0 aliphatic rings. The van der Waals surface area contributed by atoms with Crippen LogP contribution in [0, 0.1) is 5.82 Å². The molecule has 90 valence electrons. The number of nitrogens with one attached hydrogen (secondary N) is 1. The molecule has 1 aromatic rings. The summed E-state index contributed by atoms with van der Waals surface area (Å²) in [6, 6.07) is 5.73. The Bertz CT molecular complexity index is 327. The Hall–Kier alpha value is -1.30. The molecule has 0 spiro atoms. The van der Waals surface area contributed by atoms with E-state index in [0.717, 1.165) is 0 Å². The third-order valence-corrected chi connectivity index (χ3v) is 1.70. The van der Waals surface area contributed by atoms with Gasteiger partial charge in [-0.3, -0.25) is 0 Å². The monoisotopic (exact) mass is 237 g/mol. The first-order valence-electron chi connectivity index (χ1n) is 4.64. The van der Waals surface area contributed by atoms with E-state index < -0.39 is 18.5 Å². The van der Waals surface area contributed by atoms with Gasteiger partial charge >= 0.3 is 6.18 Å². The molecule has 0 aliphatic carbocycles. The molecule has 0 radical (unpaired) electrons. The molecule has 0 bridgehead atoms. The Labute approximate surface area is 90.2 Å². The molecule has 0 saturated heterocycles. The van der Waals surface area contributed by atoms with E-state index >= 15 is 0 Å². The summed E-state index contributed by atoms with van der Waals surface area (Å²) in [6.45, 7) is -1.08. The van der Waals surface area contributed by atoms with Crippen LogP contribution in [-0.2, 0) is 0 Å². The smallest absolute Gasteiger partial charge is 0.401 e. The van der Waals surface area contributed by atoms with Crippen LogP contribution in [0.3, 0.4) is 0 Å². The highest BCUT2D eigenvalue weighted by molar-refractivity contribution is 5.23. The number of hydrogen-bond acceptors (Lipinski definition) is 2. The first-order chi connectivity index (χ1) is 7.49. The number of benzene rings is 1. The summed E-state index contributed by atoms with van der Waals surface area (Å²) >= 11 is 0. The zero-order valence-corrected chi connectivity index (χ0v) is 8.35. The van der Waals surface area contributed by atoms with E-state index in [9.17, 15) is 17.6 Å². The van der Waals surface area contributed by atoms with Crippen molar-refractivity contribution in [2.24, 2.45) is 0 Å². The topological polar surface area (TPSA) is 21.3 Å². The standard InChI is InChI=1S/C10H11F4NO/c11-8-3-1-2-4-9(8)16-6-5-15-7-10(12,13)14/h1-4,15H,5-7H2. The average Bonchev–Trinajstić information content (AvgIpc) is 2.18. The van der Waals surface area contributed by atoms with E-state index in [-0.39, 0.29) is 18.9 Å². The van der Waals surface area contributed by atoms with Crippen molar-refractivity contribution in [3.63, 3.8) is 0 Å². The predicted octanol–water partition coefficient (Wildman–Crippen LogP) is 2.36.